The second kappa shape index (κ2) is 5.02. The smallest absolute Gasteiger partial charge is 0.402 e. The van der Waals surface area contributed by atoms with Gasteiger partial charge in [-0.3, -0.25) is 0 Å². The minimum absolute atomic E-state index is 0.0151. The summed E-state index contributed by atoms with van der Waals surface area (Å²) < 4.78 is 30.8. The number of rotatable bonds is 1. The van der Waals surface area contributed by atoms with Gasteiger partial charge < -0.3 is 9.23 Å². The number of nitrogens with zero attached hydrogens (tertiary/aromatic N) is 2. The molecule has 0 N–H and O–H groups in total. The molecule has 3 heterocycles. The number of aromatic nitrogens is 1. The van der Waals surface area contributed by atoms with E-state index in [1.807, 2.05) is 42.9 Å². The van der Waals surface area contributed by atoms with Gasteiger partial charge in [-0.15, -0.1) is 0 Å². The number of hydrogen-bond donors (Lipinski definition) is 0. The maximum Gasteiger partial charge on any atom is 0.402 e. The Kier molecular flexibility index (Phi) is 2.42. The van der Waals surface area contributed by atoms with Crippen LogP contribution in [0.2, 0.25) is 0 Å². The molecule has 2 aromatic heterocycles. The molecule has 4 rings (SSSR count). The van der Waals surface area contributed by atoms with Crippen molar-refractivity contribution in [2.75, 3.05) is 7.05 Å². The molecule has 1 aliphatic heterocycles. The van der Waals surface area contributed by atoms with Crippen LogP contribution in [-0.4, -0.2) is 18.7 Å². The number of fused-ring (bicyclic) bond motifs is 3. The molecule has 0 spiro atoms. The van der Waals surface area contributed by atoms with Crippen molar-refractivity contribution in [2.45, 2.75) is 13.8 Å². The molecule has 4 heteroatoms. The van der Waals surface area contributed by atoms with Crippen LogP contribution in [0.25, 0.3) is 22.6 Å². The first-order valence-electron chi connectivity index (χ1n) is 9.19. The highest BCUT2D eigenvalue weighted by Crippen LogP contribution is 2.13. The van der Waals surface area contributed by atoms with Crippen molar-refractivity contribution in [3.8, 4) is 0 Å². The van der Waals surface area contributed by atoms with Crippen LogP contribution in [0, 0.1) is 6.85 Å². The van der Waals surface area contributed by atoms with E-state index in [1.54, 1.807) is 12.3 Å². The lowest BCUT2D eigenvalue weighted by molar-refractivity contribution is -0.654. The summed E-state index contributed by atoms with van der Waals surface area (Å²) in [5.74, 6) is 0. The quantitative estimate of drug-likeness (QED) is 0.491. The average molecular weight is 306 g/mol. The molecule has 3 aromatic rings. The van der Waals surface area contributed by atoms with E-state index in [0.717, 1.165) is 32.7 Å². The Morgan fingerprint density at radius 2 is 2.04 bits per heavy atom. The minimum atomic E-state index is -2.11. The lowest BCUT2D eigenvalue weighted by Gasteiger charge is -2.24. The summed E-state index contributed by atoms with van der Waals surface area (Å²) in [5, 5.41) is 2.20. The van der Waals surface area contributed by atoms with E-state index >= 15 is 0 Å². The van der Waals surface area contributed by atoms with Crippen molar-refractivity contribution in [1.82, 2.24) is 4.81 Å². The Balaban J connectivity index is 1.91. The number of hydrogen-bond acceptors (Lipinski definition) is 2. The molecule has 1 aromatic carbocycles. The van der Waals surface area contributed by atoms with E-state index in [1.165, 1.54) is 0 Å². The third kappa shape index (κ3) is 2.09. The molecule has 0 bridgehead atoms. The fourth-order valence-electron chi connectivity index (χ4n) is 3.53. The van der Waals surface area contributed by atoms with Crippen LogP contribution in [-0.2, 0) is 7.05 Å². The third-order valence-corrected chi connectivity index (χ3v) is 4.60. The van der Waals surface area contributed by atoms with Gasteiger partial charge in [0.25, 0.3) is 0 Å². The molecule has 23 heavy (non-hydrogen) atoms. The summed E-state index contributed by atoms with van der Waals surface area (Å²) in [6, 6.07) is 11.6. The monoisotopic (exact) mass is 306 g/mol. The van der Waals surface area contributed by atoms with Crippen molar-refractivity contribution in [3.63, 3.8) is 0 Å². The summed E-state index contributed by atoms with van der Waals surface area (Å²) in [5.41, 5.74) is 4.24. The zero-order valence-corrected chi connectivity index (χ0v) is 13.5. The summed E-state index contributed by atoms with van der Waals surface area (Å²) in [6.45, 7) is -0.0443. The zero-order chi connectivity index (χ0) is 18.6. The second-order valence-corrected chi connectivity index (χ2v) is 6.17. The summed E-state index contributed by atoms with van der Waals surface area (Å²) in [6.07, 6.45) is 3.80. The SMILES string of the molecule is [2H]C([2H])([2H])c1ccc(B2C(C)=c3oc4ccccc4c3=CN2C)[n+](C)c1. The Hall–Kier alpha value is -2.49. The van der Waals surface area contributed by atoms with Crippen LogP contribution in [0.15, 0.2) is 47.0 Å². The molecule has 1 aliphatic rings. The topological polar surface area (TPSA) is 20.3 Å². The average Bonchev–Trinajstić information content (AvgIpc) is 2.94. The number of para-hydroxylation sites is 1. The minimum Gasteiger partial charge on any atom is -0.457 e. The van der Waals surface area contributed by atoms with Gasteiger partial charge >= 0.3 is 6.85 Å². The standard InChI is InChI=1S/C19H20BN2O/c1-13-9-10-18(21(3)11-13)20-14(2)19-16(12-22(20)4)15-7-5-6-8-17(15)23-19/h5-12H,1-4H3/q+1/i1D3. The fourth-order valence-corrected chi connectivity index (χ4v) is 3.53. The number of pyridine rings is 1. The molecule has 0 fully saturated rings. The summed E-state index contributed by atoms with van der Waals surface area (Å²) in [7, 11) is 3.93. The van der Waals surface area contributed by atoms with E-state index in [2.05, 4.69) is 24.0 Å². The lowest BCUT2D eigenvalue weighted by atomic mass is 9.50. The van der Waals surface area contributed by atoms with Gasteiger partial charge in [-0.1, -0.05) is 18.2 Å². The lowest BCUT2D eigenvalue weighted by Crippen LogP contribution is -2.62. The molecular weight excluding hydrogens is 283 g/mol. The highest BCUT2D eigenvalue weighted by molar-refractivity contribution is 6.85. The van der Waals surface area contributed by atoms with Gasteiger partial charge in [-0.2, -0.15) is 0 Å². The van der Waals surface area contributed by atoms with Gasteiger partial charge in [-0.05, 0) is 50.7 Å². The third-order valence-electron chi connectivity index (χ3n) is 4.60. The Bertz CT molecular complexity index is 1130. The van der Waals surface area contributed by atoms with E-state index < -0.39 is 6.85 Å². The van der Waals surface area contributed by atoms with Crippen molar-refractivity contribution in [2.24, 2.45) is 7.05 Å². The first-order chi connectivity index (χ1) is 12.3. The van der Waals surface area contributed by atoms with Crippen LogP contribution < -0.4 is 20.8 Å². The van der Waals surface area contributed by atoms with E-state index in [4.69, 9.17) is 8.53 Å². The Labute approximate surface area is 140 Å². The molecule has 0 saturated carbocycles. The first-order valence-corrected chi connectivity index (χ1v) is 7.69. The number of benzene rings is 1. The Morgan fingerprint density at radius 3 is 2.83 bits per heavy atom. The van der Waals surface area contributed by atoms with Crippen LogP contribution in [0.3, 0.4) is 0 Å². The Morgan fingerprint density at radius 1 is 1.22 bits per heavy atom. The highest BCUT2D eigenvalue weighted by Gasteiger charge is 2.35. The summed E-state index contributed by atoms with van der Waals surface area (Å²) >= 11 is 0. The molecule has 3 nitrogen and oxygen atoms in total. The largest absolute Gasteiger partial charge is 0.457 e. The molecular formula is C19H20BN2O+. The van der Waals surface area contributed by atoms with Crippen LogP contribution in [0.1, 0.15) is 16.6 Å². The molecule has 0 saturated heterocycles. The molecule has 0 amide bonds. The van der Waals surface area contributed by atoms with E-state index in [-0.39, 0.29) is 6.85 Å². The van der Waals surface area contributed by atoms with E-state index in [9.17, 15) is 0 Å². The predicted octanol–water partition coefficient (Wildman–Crippen LogP) is 0.858. The van der Waals surface area contributed by atoms with Gasteiger partial charge in [0, 0.05) is 20.3 Å². The van der Waals surface area contributed by atoms with Gasteiger partial charge in [0.15, 0.2) is 11.8 Å². The normalized spacial score (nSPS) is 16.7. The van der Waals surface area contributed by atoms with Gasteiger partial charge in [0.05, 0.1) is 0 Å². The zero-order valence-electron chi connectivity index (χ0n) is 16.5. The van der Waals surface area contributed by atoms with Crippen molar-refractivity contribution < 1.29 is 13.1 Å². The van der Waals surface area contributed by atoms with Gasteiger partial charge in [-0.25, -0.2) is 4.57 Å². The van der Waals surface area contributed by atoms with Crippen LogP contribution >= 0.6 is 0 Å². The molecule has 0 unspecified atom stereocenters. The number of aryl methyl sites for hydroxylation is 2. The summed E-state index contributed by atoms with van der Waals surface area (Å²) in [4.78, 5) is 2.16. The molecule has 0 atom stereocenters. The van der Waals surface area contributed by atoms with Gasteiger partial charge in [0.2, 0.25) is 0 Å². The van der Waals surface area contributed by atoms with Gasteiger partial charge in [0.1, 0.15) is 18.0 Å². The van der Waals surface area contributed by atoms with Crippen molar-refractivity contribution in [3.05, 3.63) is 58.8 Å². The molecule has 114 valence electrons. The van der Waals surface area contributed by atoms with E-state index in [0.29, 0.717) is 5.56 Å². The van der Waals surface area contributed by atoms with Crippen LogP contribution in [0.5, 0.6) is 0 Å². The second-order valence-electron chi connectivity index (χ2n) is 6.17. The fraction of sp³-hybridized carbons (Fsp3) is 0.211. The number of furan rings is 1. The first kappa shape index (κ1) is 11.1. The van der Waals surface area contributed by atoms with Crippen molar-refractivity contribution in [1.29, 1.82) is 0 Å². The molecule has 0 radical (unpaired) electrons. The maximum absolute atomic E-state index is 7.61. The van der Waals surface area contributed by atoms with Crippen molar-refractivity contribution >= 4 is 35.1 Å². The molecule has 0 aliphatic carbocycles. The van der Waals surface area contributed by atoms with Crippen LogP contribution in [0.4, 0.5) is 0 Å². The predicted molar refractivity (Wildman–Crippen MR) is 94.5 cm³/mol. The maximum atomic E-state index is 7.61. The highest BCUT2D eigenvalue weighted by atomic mass is 16.3.